The third-order valence-electron chi connectivity index (χ3n) is 9.98. The van der Waals surface area contributed by atoms with E-state index < -0.39 is 0 Å². The monoisotopic (exact) mass is 708 g/mol. The fourth-order valence-corrected chi connectivity index (χ4v) is 6.45. The van der Waals surface area contributed by atoms with Crippen LogP contribution in [0.25, 0.3) is 0 Å². The number of hydrogen-bond acceptors (Lipinski definition) is 3. The van der Waals surface area contributed by atoms with E-state index in [1.165, 1.54) is 166 Å². The van der Waals surface area contributed by atoms with Crippen molar-refractivity contribution < 1.29 is 0 Å². The molecule has 0 N–H and O–H groups in total. The van der Waals surface area contributed by atoms with E-state index in [-0.39, 0.29) is 0 Å². The summed E-state index contributed by atoms with van der Waals surface area (Å²) in [5, 5.41) is 0. The van der Waals surface area contributed by atoms with Gasteiger partial charge in [0.1, 0.15) is 0 Å². The van der Waals surface area contributed by atoms with Crippen molar-refractivity contribution in [1.29, 1.82) is 0 Å². The molecule has 0 radical (unpaired) electrons. The first-order valence-corrected chi connectivity index (χ1v) is 21.9. The molecule has 3 heteroatoms. The Bertz CT molecular complexity index is 890. The minimum atomic E-state index is 0.594. The second-order valence-corrected chi connectivity index (χ2v) is 15.5. The van der Waals surface area contributed by atoms with Crippen LogP contribution in [0.1, 0.15) is 181 Å². The Morgan fingerprint density at radius 2 is 0.922 bits per heavy atom. The highest BCUT2D eigenvalue weighted by atomic mass is 15.2. The van der Waals surface area contributed by atoms with Crippen LogP contribution in [0, 0.1) is 0 Å². The predicted octanol–water partition coefficient (Wildman–Crippen LogP) is 14.3. The molecule has 0 aromatic carbocycles. The maximum atomic E-state index is 2.57. The summed E-state index contributed by atoms with van der Waals surface area (Å²) in [7, 11) is 11.2. The summed E-state index contributed by atoms with van der Waals surface area (Å²) in [4.78, 5) is 7.32. The van der Waals surface area contributed by atoms with Gasteiger partial charge in [0.05, 0.1) is 0 Å². The SMILES string of the molecule is CCCCC/C=C\C/C=C\CCCCC/C=C/C=C(\CCCCCCCC/C=C\C/C=C\CCCCC)N(C)CC(CCCCN(C)C)N(C)C. The van der Waals surface area contributed by atoms with Crippen molar-refractivity contribution in [3.63, 3.8) is 0 Å². The van der Waals surface area contributed by atoms with Crippen molar-refractivity contribution in [3.05, 3.63) is 72.5 Å². The minimum absolute atomic E-state index is 0.594. The fourth-order valence-electron chi connectivity index (χ4n) is 6.45. The first-order chi connectivity index (χ1) is 24.9. The zero-order valence-corrected chi connectivity index (χ0v) is 35.6. The molecule has 0 heterocycles. The highest BCUT2D eigenvalue weighted by Crippen LogP contribution is 2.18. The van der Waals surface area contributed by atoms with Gasteiger partial charge in [-0.15, -0.1) is 0 Å². The molecule has 1 unspecified atom stereocenters. The molecule has 1 atom stereocenters. The maximum absolute atomic E-state index is 2.57. The Kier molecular flexibility index (Phi) is 37.9. The third kappa shape index (κ3) is 36.3. The lowest BCUT2D eigenvalue weighted by atomic mass is 10.0. The average Bonchev–Trinajstić information content (AvgIpc) is 3.11. The summed E-state index contributed by atoms with van der Waals surface area (Å²) in [6.45, 7) is 6.84. The molecule has 0 rings (SSSR count). The van der Waals surface area contributed by atoms with Crippen molar-refractivity contribution in [1.82, 2.24) is 14.7 Å². The van der Waals surface area contributed by atoms with Crippen LogP contribution in [0.3, 0.4) is 0 Å². The summed E-state index contributed by atoms with van der Waals surface area (Å²) in [6.07, 6.45) is 59.5. The minimum Gasteiger partial charge on any atom is -0.376 e. The Balaban J connectivity index is 4.61. The molecular weight excluding hydrogens is 619 g/mol. The van der Waals surface area contributed by atoms with E-state index in [2.05, 4.69) is 131 Å². The Hall–Kier alpha value is -1.84. The van der Waals surface area contributed by atoms with Crippen LogP contribution in [-0.4, -0.2) is 69.1 Å². The molecule has 51 heavy (non-hydrogen) atoms. The van der Waals surface area contributed by atoms with Crippen molar-refractivity contribution in [2.45, 2.75) is 187 Å². The van der Waals surface area contributed by atoms with Crippen LogP contribution < -0.4 is 0 Å². The molecule has 3 nitrogen and oxygen atoms in total. The second-order valence-electron chi connectivity index (χ2n) is 15.5. The lowest BCUT2D eigenvalue weighted by molar-refractivity contribution is 0.212. The van der Waals surface area contributed by atoms with Crippen LogP contribution in [0.5, 0.6) is 0 Å². The number of unbranched alkanes of at least 4 members (excludes halogenated alkanes) is 17. The lowest BCUT2D eigenvalue weighted by Crippen LogP contribution is -2.38. The van der Waals surface area contributed by atoms with Gasteiger partial charge in [-0.2, -0.15) is 0 Å². The molecule has 0 amide bonds. The molecule has 0 fully saturated rings. The summed E-state index contributed by atoms with van der Waals surface area (Å²) >= 11 is 0. The molecule has 0 aliphatic rings. The second kappa shape index (κ2) is 39.4. The quantitative estimate of drug-likeness (QED) is 0.0361. The van der Waals surface area contributed by atoms with Crippen LogP contribution in [0.2, 0.25) is 0 Å². The van der Waals surface area contributed by atoms with Crippen molar-refractivity contribution in [3.8, 4) is 0 Å². The van der Waals surface area contributed by atoms with Gasteiger partial charge in [0.2, 0.25) is 0 Å². The van der Waals surface area contributed by atoms with Crippen molar-refractivity contribution in [2.24, 2.45) is 0 Å². The zero-order valence-electron chi connectivity index (χ0n) is 35.6. The van der Waals surface area contributed by atoms with Gasteiger partial charge in [-0.1, -0.05) is 139 Å². The predicted molar refractivity (Wildman–Crippen MR) is 234 cm³/mol. The number of likely N-dealkylation sites (N-methyl/N-ethyl adjacent to an activating group) is 2. The van der Waals surface area contributed by atoms with Crippen LogP contribution in [0.15, 0.2) is 72.5 Å². The molecule has 296 valence electrons. The first kappa shape index (κ1) is 49.2. The first-order valence-electron chi connectivity index (χ1n) is 21.9. The molecular formula is C48H89N3. The Morgan fingerprint density at radius 1 is 0.471 bits per heavy atom. The van der Waals surface area contributed by atoms with Crippen LogP contribution >= 0.6 is 0 Å². The number of hydrogen-bond donors (Lipinski definition) is 0. The molecule has 0 aromatic heterocycles. The number of rotatable bonds is 37. The lowest BCUT2D eigenvalue weighted by Gasteiger charge is -2.32. The standard InChI is InChI=1S/C48H89N3/c1-8-10-12-14-16-18-20-22-24-26-28-30-32-34-36-38-42-47(51(7)46-48(50(5)6)44-40-41-45-49(3)4)43-39-37-35-33-31-29-27-25-23-21-19-17-15-13-11-9-2/h16-19,22-25,36,38,42,48H,8-15,20-21,26-35,37,39-41,43-46H2,1-7H3/b18-16-,19-17-,24-22-,25-23-,38-36+,47-42+. The van der Waals surface area contributed by atoms with Crippen LogP contribution in [0.4, 0.5) is 0 Å². The average molecular weight is 708 g/mol. The summed E-state index contributed by atoms with van der Waals surface area (Å²) in [6, 6.07) is 0.594. The van der Waals surface area contributed by atoms with E-state index in [1.807, 2.05) is 0 Å². The highest BCUT2D eigenvalue weighted by molar-refractivity contribution is 5.12. The molecule has 0 bridgehead atoms. The number of allylic oxidation sites excluding steroid dienone is 12. The normalized spacial score (nSPS) is 13.6. The Morgan fingerprint density at radius 3 is 1.41 bits per heavy atom. The van der Waals surface area contributed by atoms with E-state index in [0.29, 0.717) is 6.04 Å². The smallest absolute Gasteiger partial charge is 0.0327 e. The summed E-state index contributed by atoms with van der Waals surface area (Å²) in [5.41, 5.74) is 1.51. The number of nitrogens with zero attached hydrogens (tertiary/aromatic N) is 3. The fraction of sp³-hybridized carbons (Fsp3) is 0.750. The highest BCUT2D eigenvalue weighted by Gasteiger charge is 2.15. The molecule has 0 aromatic rings. The van der Waals surface area contributed by atoms with Crippen LogP contribution in [-0.2, 0) is 0 Å². The summed E-state index contributed by atoms with van der Waals surface area (Å²) < 4.78 is 0. The van der Waals surface area contributed by atoms with Gasteiger partial charge < -0.3 is 14.7 Å². The van der Waals surface area contributed by atoms with Gasteiger partial charge >= 0.3 is 0 Å². The molecule has 0 aliphatic heterocycles. The van der Waals surface area contributed by atoms with E-state index in [1.54, 1.807) is 0 Å². The topological polar surface area (TPSA) is 9.72 Å². The van der Waals surface area contributed by atoms with E-state index in [0.717, 1.165) is 19.4 Å². The molecule has 0 saturated heterocycles. The van der Waals surface area contributed by atoms with Gasteiger partial charge in [0.25, 0.3) is 0 Å². The van der Waals surface area contributed by atoms with Gasteiger partial charge in [-0.25, -0.2) is 0 Å². The van der Waals surface area contributed by atoms with Gasteiger partial charge in [-0.3, -0.25) is 0 Å². The van der Waals surface area contributed by atoms with Gasteiger partial charge in [-0.05, 0) is 144 Å². The molecule has 0 spiro atoms. The van der Waals surface area contributed by atoms with Crippen molar-refractivity contribution >= 4 is 0 Å². The maximum Gasteiger partial charge on any atom is 0.0327 e. The van der Waals surface area contributed by atoms with Gasteiger partial charge in [0, 0.05) is 25.3 Å². The largest absolute Gasteiger partial charge is 0.376 e. The van der Waals surface area contributed by atoms with Gasteiger partial charge in [0.15, 0.2) is 0 Å². The summed E-state index contributed by atoms with van der Waals surface area (Å²) in [5.74, 6) is 0. The van der Waals surface area contributed by atoms with E-state index in [9.17, 15) is 0 Å². The zero-order chi connectivity index (χ0) is 37.5. The molecule has 0 aliphatic carbocycles. The van der Waals surface area contributed by atoms with E-state index in [4.69, 9.17) is 0 Å². The van der Waals surface area contributed by atoms with E-state index >= 15 is 0 Å². The molecule has 0 saturated carbocycles. The Labute approximate surface area is 321 Å². The van der Waals surface area contributed by atoms with Crippen molar-refractivity contribution in [2.75, 3.05) is 48.3 Å². The third-order valence-corrected chi connectivity index (χ3v) is 9.98.